The fourth-order valence-electron chi connectivity index (χ4n) is 2.73. The number of carbonyl (C=O) groups excluding carboxylic acids is 2. The van der Waals surface area contributed by atoms with Crippen molar-refractivity contribution < 1.29 is 18.7 Å². The van der Waals surface area contributed by atoms with Crippen LogP contribution >= 0.6 is 27.7 Å². The van der Waals surface area contributed by atoms with Crippen molar-refractivity contribution in [3.8, 4) is 5.75 Å². The van der Waals surface area contributed by atoms with Crippen molar-refractivity contribution in [2.24, 2.45) is 0 Å². The summed E-state index contributed by atoms with van der Waals surface area (Å²) in [5.41, 5.74) is 1.25. The normalized spacial score (nSPS) is 15.7. The number of amides is 1. The fourth-order valence-corrected chi connectivity index (χ4v) is 3.84. The highest BCUT2D eigenvalue weighted by atomic mass is 79.9. The van der Waals surface area contributed by atoms with E-state index < -0.39 is 5.82 Å². The molecule has 0 bridgehead atoms. The van der Waals surface area contributed by atoms with E-state index in [1.807, 2.05) is 18.2 Å². The number of ether oxygens (including phenoxy) is 1. The van der Waals surface area contributed by atoms with Crippen molar-refractivity contribution in [3.05, 3.63) is 57.8 Å². The molecule has 0 aromatic heterocycles. The predicted octanol–water partition coefficient (Wildman–Crippen LogP) is 4.52. The second-order valence-corrected chi connectivity index (χ2v) is 7.86. The molecule has 1 unspecified atom stereocenters. The van der Waals surface area contributed by atoms with E-state index in [0.717, 1.165) is 27.5 Å². The van der Waals surface area contributed by atoms with Gasteiger partial charge in [0.05, 0.1) is 18.4 Å². The highest BCUT2D eigenvalue weighted by Gasteiger charge is 2.23. The van der Waals surface area contributed by atoms with E-state index in [9.17, 15) is 14.0 Å². The molecule has 1 amide bonds. The van der Waals surface area contributed by atoms with Gasteiger partial charge in [0.25, 0.3) is 0 Å². The van der Waals surface area contributed by atoms with Crippen molar-refractivity contribution in [2.75, 3.05) is 12.4 Å². The lowest BCUT2D eigenvalue weighted by molar-refractivity contribution is -0.119. The summed E-state index contributed by atoms with van der Waals surface area (Å²) in [4.78, 5) is 23.9. The number of ketones is 1. The average Bonchev–Trinajstić information content (AvgIpc) is 2.61. The van der Waals surface area contributed by atoms with Gasteiger partial charge < -0.3 is 10.1 Å². The molecule has 0 saturated heterocycles. The van der Waals surface area contributed by atoms with E-state index >= 15 is 0 Å². The van der Waals surface area contributed by atoms with Crippen molar-refractivity contribution in [2.45, 2.75) is 24.3 Å². The van der Waals surface area contributed by atoms with Crippen LogP contribution < -0.4 is 10.1 Å². The number of halogens is 2. The minimum atomic E-state index is -0.490. The molecule has 1 atom stereocenters. The van der Waals surface area contributed by atoms with Crippen LogP contribution in [0.15, 0.2) is 45.8 Å². The molecule has 0 aliphatic carbocycles. The number of hydrogen-bond donors (Lipinski definition) is 1. The van der Waals surface area contributed by atoms with Crippen molar-refractivity contribution in [1.82, 2.24) is 5.32 Å². The van der Waals surface area contributed by atoms with Crippen LogP contribution in [0.3, 0.4) is 0 Å². The van der Waals surface area contributed by atoms with Crippen LogP contribution in [0.25, 0.3) is 0 Å². The maximum atomic E-state index is 14.0. The molecule has 4 nitrogen and oxygen atoms in total. The molecule has 1 aliphatic heterocycles. The van der Waals surface area contributed by atoms with E-state index in [0.29, 0.717) is 23.5 Å². The van der Waals surface area contributed by atoms with Crippen molar-refractivity contribution >= 4 is 39.4 Å². The smallest absolute Gasteiger partial charge is 0.230 e. The van der Waals surface area contributed by atoms with Crippen LogP contribution in [0.5, 0.6) is 5.75 Å². The molecule has 3 rings (SSSR count). The van der Waals surface area contributed by atoms with Gasteiger partial charge in [-0.15, -0.1) is 11.8 Å². The summed E-state index contributed by atoms with van der Waals surface area (Å²) in [7, 11) is 0. The first-order valence-electron chi connectivity index (χ1n) is 8.09. The van der Waals surface area contributed by atoms with Crippen LogP contribution in [0.2, 0.25) is 0 Å². The van der Waals surface area contributed by atoms with Gasteiger partial charge in [0.1, 0.15) is 11.6 Å². The Bertz CT molecular complexity index is 859. The first-order chi connectivity index (χ1) is 12.4. The molecule has 1 N–H and O–H groups in total. The van der Waals surface area contributed by atoms with Gasteiger partial charge in [0, 0.05) is 26.9 Å². The lowest BCUT2D eigenvalue weighted by atomic mass is 10.0. The van der Waals surface area contributed by atoms with Gasteiger partial charge in [-0.2, -0.15) is 0 Å². The molecule has 1 heterocycles. The summed E-state index contributed by atoms with van der Waals surface area (Å²) in [5.74, 6) is 0.00124. The summed E-state index contributed by atoms with van der Waals surface area (Å²) >= 11 is 4.54. The third-order valence-electron chi connectivity index (χ3n) is 4.04. The third kappa shape index (κ3) is 4.45. The second kappa shape index (κ2) is 8.22. The number of Topliss-reactive ketones (excluding diaryl/α,β-unsaturated/α-hetero) is 1. The standard InChI is InChI=1S/C19H17BrFNO3S/c1-11(23)12-2-5-18(15(21)8-12)26-10-19(24)22-16-6-7-25-17-4-3-13(20)9-14(16)17/h2-5,8-9,16H,6-7,10H2,1H3,(H,22,24). The largest absolute Gasteiger partial charge is 0.493 e. The van der Waals surface area contributed by atoms with Crippen molar-refractivity contribution in [3.63, 3.8) is 0 Å². The molecule has 2 aromatic rings. The maximum Gasteiger partial charge on any atom is 0.230 e. The Morgan fingerprint density at radius 3 is 2.85 bits per heavy atom. The zero-order valence-electron chi connectivity index (χ0n) is 14.1. The monoisotopic (exact) mass is 437 g/mol. The van der Waals surface area contributed by atoms with E-state index in [2.05, 4.69) is 21.2 Å². The number of carbonyl (C=O) groups is 2. The molecule has 1 aliphatic rings. The molecule has 0 spiro atoms. The summed E-state index contributed by atoms with van der Waals surface area (Å²) in [5, 5.41) is 2.98. The van der Waals surface area contributed by atoms with Gasteiger partial charge in [-0.05, 0) is 37.3 Å². The quantitative estimate of drug-likeness (QED) is 0.551. The summed E-state index contributed by atoms with van der Waals surface area (Å²) in [6.45, 7) is 1.92. The van der Waals surface area contributed by atoms with Gasteiger partial charge in [-0.3, -0.25) is 9.59 Å². The molecule has 0 saturated carbocycles. The third-order valence-corrected chi connectivity index (χ3v) is 5.59. The molecule has 2 aromatic carbocycles. The SMILES string of the molecule is CC(=O)c1ccc(SCC(=O)NC2CCOc3ccc(Br)cc32)c(F)c1. The Labute approximate surface area is 163 Å². The predicted molar refractivity (Wildman–Crippen MR) is 102 cm³/mol. The van der Waals surface area contributed by atoms with Gasteiger partial charge in [0.15, 0.2) is 5.78 Å². The zero-order chi connectivity index (χ0) is 18.7. The van der Waals surface area contributed by atoms with Crippen LogP contribution in [0, 0.1) is 5.82 Å². The van der Waals surface area contributed by atoms with Crippen LogP contribution in [-0.2, 0) is 4.79 Å². The van der Waals surface area contributed by atoms with E-state index in [-0.39, 0.29) is 23.5 Å². The zero-order valence-corrected chi connectivity index (χ0v) is 16.5. The van der Waals surface area contributed by atoms with Crippen LogP contribution in [0.4, 0.5) is 4.39 Å². The maximum absolute atomic E-state index is 14.0. The molecule has 0 fully saturated rings. The highest BCUT2D eigenvalue weighted by Crippen LogP contribution is 2.34. The highest BCUT2D eigenvalue weighted by molar-refractivity contribution is 9.10. The summed E-state index contributed by atoms with van der Waals surface area (Å²) < 4.78 is 20.6. The van der Waals surface area contributed by atoms with Gasteiger partial charge in [-0.25, -0.2) is 4.39 Å². The van der Waals surface area contributed by atoms with Crippen LogP contribution in [-0.4, -0.2) is 24.1 Å². The number of hydrogen-bond acceptors (Lipinski definition) is 4. The van der Waals surface area contributed by atoms with Gasteiger partial charge in [-0.1, -0.05) is 22.0 Å². The Balaban J connectivity index is 1.62. The molecule has 26 heavy (non-hydrogen) atoms. The van der Waals surface area contributed by atoms with E-state index in [1.54, 1.807) is 6.07 Å². The number of thioether (sulfide) groups is 1. The summed E-state index contributed by atoms with van der Waals surface area (Å²) in [6.07, 6.45) is 0.682. The average molecular weight is 438 g/mol. The van der Waals surface area contributed by atoms with Gasteiger partial charge in [0.2, 0.25) is 5.91 Å². The Kier molecular flexibility index (Phi) is 5.98. The second-order valence-electron chi connectivity index (χ2n) is 5.93. The van der Waals surface area contributed by atoms with E-state index in [1.165, 1.54) is 19.1 Å². The van der Waals surface area contributed by atoms with E-state index in [4.69, 9.17) is 4.74 Å². The topological polar surface area (TPSA) is 55.4 Å². The Morgan fingerprint density at radius 2 is 2.12 bits per heavy atom. The molecule has 0 radical (unpaired) electrons. The van der Waals surface area contributed by atoms with Crippen LogP contribution in [0.1, 0.15) is 35.3 Å². The number of rotatable bonds is 5. The lowest BCUT2D eigenvalue weighted by Crippen LogP contribution is -2.33. The molecule has 7 heteroatoms. The first kappa shape index (κ1) is 18.9. The van der Waals surface area contributed by atoms with Crippen molar-refractivity contribution in [1.29, 1.82) is 0 Å². The fraction of sp³-hybridized carbons (Fsp3) is 0.263. The minimum Gasteiger partial charge on any atom is -0.493 e. The number of nitrogens with one attached hydrogen (secondary N) is 1. The molecular weight excluding hydrogens is 421 g/mol. The molecular formula is C19H17BrFNO3S. The Morgan fingerprint density at radius 1 is 1.31 bits per heavy atom. The summed E-state index contributed by atoms with van der Waals surface area (Å²) in [6, 6.07) is 9.88. The number of fused-ring (bicyclic) bond motifs is 1. The molecule has 136 valence electrons. The Hall–Kier alpha value is -1.86. The van der Waals surface area contributed by atoms with Gasteiger partial charge >= 0.3 is 0 Å². The first-order valence-corrected chi connectivity index (χ1v) is 9.87. The minimum absolute atomic E-state index is 0.0943. The number of benzene rings is 2. The lowest BCUT2D eigenvalue weighted by Gasteiger charge is -2.27.